The van der Waals surface area contributed by atoms with Gasteiger partial charge in [0.2, 0.25) is 0 Å². The van der Waals surface area contributed by atoms with Gasteiger partial charge in [0, 0.05) is 32.2 Å². The summed E-state index contributed by atoms with van der Waals surface area (Å²) in [4.78, 5) is 16.2. The fraction of sp³-hybridized carbons (Fsp3) is 0.650. The molecule has 0 bridgehead atoms. The summed E-state index contributed by atoms with van der Waals surface area (Å²) in [7, 11) is 0. The van der Waals surface area contributed by atoms with E-state index in [0.717, 1.165) is 58.5 Å². The Labute approximate surface area is 150 Å². The first kappa shape index (κ1) is 18.2. The summed E-state index contributed by atoms with van der Waals surface area (Å²) in [6, 6.07) is 11.2. The van der Waals surface area contributed by atoms with Crippen LogP contribution in [0.15, 0.2) is 30.3 Å². The molecule has 1 aromatic carbocycles. The number of rotatable bonds is 5. The molecule has 0 aliphatic carbocycles. The molecule has 0 radical (unpaired) electrons. The average Bonchev–Trinajstić information content (AvgIpc) is 2.68. The number of hydrogen-bond acceptors (Lipinski definition) is 4. The summed E-state index contributed by atoms with van der Waals surface area (Å²) in [5, 5.41) is 0. The van der Waals surface area contributed by atoms with E-state index in [4.69, 9.17) is 9.47 Å². The molecule has 25 heavy (non-hydrogen) atoms. The van der Waals surface area contributed by atoms with Crippen LogP contribution in [-0.4, -0.2) is 67.4 Å². The molecule has 1 amide bonds. The summed E-state index contributed by atoms with van der Waals surface area (Å²) in [6.45, 7) is 6.74. The molecule has 2 aliphatic rings. The van der Waals surface area contributed by atoms with Crippen molar-refractivity contribution in [1.82, 2.24) is 9.80 Å². The lowest BCUT2D eigenvalue weighted by molar-refractivity contribution is -0.0540. The first-order chi connectivity index (χ1) is 12.3. The summed E-state index contributed by atoms with van der Waals surface area (Å²) in [5.41, 5.74) is 1.38. The lowest BCUT2D eigenvalue weighted by Gasteiger charge is -2.42. The monoisotopic (exact) mass is 346 g/mol. The second-order valence-electron chi connectivity index (χ2n) is 6.93. The van der Waals surface area contributed by atoms with Gasteiger partial charge in [-0.05, 0) is 38.2 Å². The number of carbonyl (C=O) groups excluding carboxylic acids is 1. The molecule has 2 heterocycles. The van der Waals surface area contributed by atoms with Gasteiger partial charge in [-0.15, -0.1) is 0 Å². The van der Waals surface area contributed by atoms with E-state index in [0.29, 0.717) is 18.8 Å². The summed E-state index contributed by atoms with van der Waals surface area (Å²) < 4.78 is 11.1. The van der Waals surface area contributed by atoms with Crippen molar-refractivity contribution in [3.8, 4) is 0 Å². The lowest BCUT2D eigenvalue weighted by Crippen LogP contribution is -2.52. The Balaban J connectivity index is 1.43. The van der Waals surface area contributed by atoms with Crippen LogP contribution in [0.25, 0.3) is 0 Å². The Bertz CT molecular complexity index is 529. The van der Waals surface area contributed by atoms with Crippen molar-refractivity contribution in [2.24, 2.45) is 0 Å². The number of likely N-dealkylation sites (tertiary alicyclic amines) is 1. The third kappa shape index (κ3) is 5.19. The molecule has 0 unspecified atom stereocenters. The van der Waals surface area contributed by atoms with E-state index in [1.54, 1.807) is 0 Å². The molecule has 0 aromatic heterocycles. The fourth-order valence-electron chi connectivity index (χ4n) is 3.85. The molecule has 3 rings (SSSR count). The van der Waals surface area contributed by atoms with Crippen LogP contribution in [-0.2, 0) is 15.9 Å². The van der Waals surface area contributed by atoms with Crippen molar-refractivity contribution in [1.29, 1.82) is 0 Å². The number of ether oxygens (including phenoxy) is 2. The standard InChI is InChI=1S/C20H30N2O3/c1-2-24-20(23)21-12-10-18(11-13-21)22-14-15-25-19(16-22)9-8-17-6-4-3-5-7-17/h3-7,18-19H,2,8-16H2,1H3/t19-/m1/s1. The largest absolute Gasteiger partial charge is 0.450 e. The number of nitrogens with zero attached hydrogens (tertiary/aromatic N) is 2. The highest BCUT2D eigenvalue weighted by Crippen LogP contribution is 2.21. The van der Waals surface area contributed by atoms with Gasteiger partial charge >= 0.3 is 6.09 Å². The summed E-state index contributed by atoms with van der Waals surface area (Å²) >= 11 is 0. The van der Waals surface area contributed by atoms with E-state index in [9.17, 15) is 4.79 Å². The van der Waals surface area contributed by atoms with Crippen molar-refractivity contribution in [2.45, 2.75) is 44.8 Å². The molecule has 2 saturated heterocycles. The predicted molar refractivity (Wildman–Crippen MR) is 97.7 cm³/mol. The Kier molecular flexibility index (Phi) is 6.70. The maximum atomic E-state index is 11.8. The quantitative estimate of drug-likeness (QED) is 0.822. The number of aryl methyl sites for hydroxylation is 1. The van der Waals surface area contributed by atoms with Crippen molar-refractivity contribution < 1.29 is 14.3 Å². The zero-order valence-electron chi connectivity index (χ0n) is 15.2. The zero-order valence-corrected chi connectivity index (χ0v) is 15.2. The van der Waals surface area contributed by atoms with Crippen LogP contribution >= 0.6 is 0 Å². The van der Waals surface area contributed by atoms with Crippen LogP contribution in [0.1, 0.15) is 31.7 Å². The van der Waals surface area contributed by atoms with E-state index >= 15 is 0 Å². The van der Waals surface area contributed by atoms with Crippen LogP contribution in [0.4, 0.5) is 4.79 Å². The minimum Gasteiger partial charge on any atom is -0.450 e. The maximum absolute atomic E-state index is 11.8. The summed E-state index contributed by atoms with van der Waals surface area (Å²) in [6.07, 6.45) is 4.36. The van der Waals surface area contributed by atoms with Gasteiger partial charge in [0.1, 0.15) is 0 Å². The van der Waals surface area contributed by atoms with Crippen LogP contribution in [0.5, 0.6) is 0 Å². The molecule has 5 heteroatoms. The molecular formula is C20H30N2O3. The molecular weight excluding hydrogens is 316 g/mol. The van der Waals surface area contributed by atoms with Gasteiger partial charge in [-0.2, -0.15) is 0 Å². The SMILES string of the molecule is CCOC(=O)N1CCC(N2CCO[C@H](CCc3ccccc3)C2)CC1. The van der Waals surface area contributed by atoms with Crippen LogP contribution in [0, 0.1) is 0 Å². The van der Waals surface area contributed by atoms with E-state index in [2.05, 4.69) is 35.2 Å². The van der Waals surface area contributed by atoms with Gasteiger partial charge in [0.15, 0.2) is 0 Å². The number of hydrogen-bond donors (Lipinski definition) is 0. The smallest absolute Gasteiger partial charge is 0.409 e. The maximum Gasteiger partial charge on any atom is 0.409 e. The highest BCUT2D eigenvalue weighted by Gasteiger charge is 2.30. The second kappa shape index (κ2) is 9.20. The number of morpholine rings is 1. The molecule has 1 atom stereocenters. The Morgan fingerprint density at radius 1 is 1.20 bits per heavy atom. The number of piperidine rings is 1. The minimum atomic E-state index is -0.163. The van der Waals surface area contributed by atoms with Gasteiger partial charge in [0.05, 0.1) is 19.3 Å². The minimum absolute atomic E-state index is 0.163. The Morgan fingerprint density at radius 2 is 1.96 bits per heavy atom. The fourth-order valence-corrected chi connectivity index (χ4v) is 3.85. The number of carbonyl (C=O) groups is 1. The van der Waals surface area contributed by atoms with Crippen molar-refractivity contribution in [2.75, 3.05) is 39.4 Å². The summed E-state index contributed by atoms with van der Waals surface area (Å²) in [5.74, 6) is 0. The van der Waals surface area contributed by atoms with Crippen molar-refractivity contribution in [3.05, 3.63) is 35.9 Å². The van der Waals surface area contributed by atoms with E-state index in [1.165, 1.54) is 5.56 Å². The molecule has 5 nitrogen and oxygen atoms in total. The topological polar surface area (TPSA) is 42.0 Å². The normalized spacial score (nSPS) is 22.8. The highest BCUT2D eigenvalue weighted by molar-refractivity contribution is 5.67. The Morgan fingerprint density at radius 3 is 2.68 bits per heavy atom. The van der Waals surface area contributed by atoms with Crippen molar-refractivity contribution >= 4 is 6.09 Å². The van der Waals surface area contributed by atoms with E-state index in [-0.39, 0.29) is 6.09 Å². The van der Waals surface area contributed by atoms with Crippen molar-refractivity contribution in [3.63, 3.8) is 0 Å². The van der Waals surface area contributed by atoms with Gasteiger partial charge in [-0.3, -0.25) is 4.90 Å². The Hall–Kier alpha value is -1.59. The second-order valence-corrected chi connectivity index (χ2v) is 6.93. The van der Waals surface area contributed by atoms with Gasteiger partial charge < -0.3 is 14.4 Å². The average molecular weight is 346 g/mol. The molecule has 138 valence electrons. The highest BCUT2D eigenvalue weighted by atomic mass is 16.6. The molecule has 1 aromatic rings. The number of amides is 1. The van der Waals surface area contributed by atoms with E-state index in [1.807, 2.05) is 11.8 Å². The molecule has 0 N–H and O–H groups in total. The van der Waals surface area contributed by atoms with Gasteiger partial charge in [-0.1, -0.05) is 30.3 Å². The molecule has 0 spiro atoms. The third-order valence-corrected chi connectivity index (χ3v) is 5.27. The van der Waals surface area contributed by atoms with E-state index < -0.39 is 0 Å². The predicted octanol–water partition coefficient (Wildman–Crippen LogP) is 2.94. The number of benzene rings is 1. The van der Waals surface area contributed by atoms with Gasteiger partial charge in [0.25, 0.3) is 0 Å². The first-order valence-corrected chi connectivity index (χ1v) is 9.57. The molecule has 2 fully saturated rings. The molecule has 2 aliphatic heterocycles. The lowest BCUT2D eigenvalue weighted by atomic mass is 10.0. The molecule has 0 saturated carbocycles. The van der Waals surface area contributed by atoms with Crippen LogP contribution in [0.3, 0.4) is 0 Å². The zero-order chi connectivity index (χ0) is 17.5. The van der Waals surface area contributed by atoms with Gasteiger partial charge in [-0.25, -0.2) is 4.79 Å². The first-order valence-electron chi connectivity index (χ1n) is 9.57. The van der Waals surface area contributed by atoms with Crippen LogP contribution < -0.4 is 0 Å². The third-order valence-electron chi connectivity index (χ3n) is 5.27. The van der Waals surface area contributed by atoms with Crippen LogP contribution in [0.2, 0.25) is 0 Å².